The first-order valence-corrected chi connectivity index (χ1v) is 7.36. The van der Waals surface area contributed by atoms with Crippen LogP contribution in [0.2, 0.25) is 0 Å². The van der Waals surface area contributed by atoms with E-state index < -0.39 is 0 Å². The number of hydrogen-bond acceptors (Lipinski definition) is 2. The number of aromatic nitrogens is 3. The minimum atomic E-state index is -0.104. The van der Waals surface area contributed by atoms with Crippen LogP contribution in [0.1, 0.15) is 56.1 Å². The van der Waals surface area contributed by atoms with E-state index in [0.717, 1.165) is 5.82 Å². The quantitative estimate of drug-likeness (QED) is 0.919. The normalized spacial score (nSPS) is 12.9. The molecule has 2 aromatic heterocycles. The molecule has 5 heteroatoms. The van der Waals surface area contributed by atoms with E-state index in [2.05, 4.69) is 38.0 Å². The molecule has 2 heterocycles. The lowest BCUT2D eigenvalue weighted by Gasteiger charge is -2.23. The summed E-state index contributed by atoms with van der Waals surface area (Å²) >= 11 is 0. The Morgan fingerprint density at radius 2 is 1.95 bits per heavy atom. The van der Waals surface area contributed by atoms with E-state index in [1.807, 2.05) is 40.7 Å². The maximum atomic E-state index is 12.6. The first kappa shape index (κ1) is 15.4. The van der Waals surface area contributed by atoms with Crippen LogP contribution in [-0.4, -0.2) is 20.0 Å². The van der Waals surface area contributed by atoms with Gasteiger partial charge in [0.1, 0.15) is 11.5 Å². The van der Waals surface area contributed by atoms with E-state index in [0.29, 0.717) is 5.69 Å². The smallest absolute Gasteiger partial charge is 0.268 e. The summed E-state index contributed by atoms with van der Waals surface area (Å²) in [6, 6.07) is 3.91. The molecular weight excluding hydrogens is 264 g/mol. The molecule has 0 spiro atoms. The maximum Gasteiger partial charge on any atom is 0.268 e. The van der Waals surface area contributed by atoms with Crippen molar-refractivity contribution >= 4 is 5.91 Å². The Morgan fingerprint density at radius 3 is 2.48 bits per heavy atom. The van der Waals surface area contributed by atoms with Crippen LogP contribution in [0, 0.1) is 5.92 Å². The second-order valence-electron chi connectivity index (χ2n) is 5.99. The maximum absolute atomic E-state index is 12.6. The average Bonchev–Trinajstić information content (AvgIpc) is 3.03. The third-order valence-electron chi connectivity index (χ3n) is 3.66. The standard InChI is InChI=1S/C16H24N4O/c1-11(2)14(15-17-8-10-19(15)5)18-16(21)13-7-6-9-20(13)12(3)4/h6-12,14H,1-5H3,(H,18,21). The highest BCUT2D eigenvalue weighted by atomic mass is 16.2. The highest BCUT2D eigenvalue weighted by Crippen LogP contribution is 2.21. The largest absolute Gasteiger partial charge is 0.341 e. The van der Waals surface area contributed by atoms with Gasteiger partial charge in [-0.3, -0.25) is 4.79 Å². The summed E-state index contributed by atoms with van der Waals surface area (Å²) in [5, 5.41) is 3.11. The van der Waals surface area contributed by atoms with Gasteiger partial charge in [-0.15, -0.1) is 0 Å². The number of hydrogen-bond donors (Lipinski definition) is 1. The molecule has 0 bridgehead atoms. The molecule has 1 atom stereocenters. The predicted octanol–water partition coefficient (Wildman–Crippen LogP) is 2.93. The second-order valence-corrected chi connectivity index (χ2v) is 5.99. The fraction of sp³-hybridized carbons (Fsp3) is 0.500. The number of aryl methyl sites for hydroxylation is 1. The molecule has 0 aliphatic rings. The van der Waals surface area contributed by atoms with Crippen LogP contribution in [0.3, 0.4) is 0 Å². The van der Waals surface area contributed by atoms with Gasteiger partial charge in [-0.2, -0.15) is 0 Å². The van der Waals surface area contributed by atoms with Crippen LogP contribution in [0.5, 0.6) is 0 Å². The Hall–Kier alpha value is -2.04. The van der Waals surface area contributed by atoms with Crippen molar-refractivity contribution in [3.8, 4) is 0 Å². The molecule has 0 aliphatic carbocycles. The Balaban J connectivity index is 2.23. The third-order valence-corrected chi connectivity index (χ3v) is 3.66. The van der Waals surface area contributed by atoms with Crippen molar-refractivity contribution in [1.29, 1.82) is 0 Å². The fourth-order valence-corrected chi connectivity index (χ4v) is 2.46. The van der Waals surface area contributed by atoms with Gasteiger partial charge in [0.05, 0.1) is 6.04 Å². The van der Waals surface area contributed by atoms with Gasteiger partial charge in [0.15, 0.2) is 0 Å². The summed E-state index contributed by atoms with van der Waals surface area (Å²) < 4.78 is 3.93. The number of amides is 1. The van der Waals surface area contributed by atoms with Gasteiger partial charge in [-0.25, -0.2) is 4.98 Å². The van der Waals surface area contributed by atoms with Crippen LogP contribution in [-0.2, 0) is 7.05 Å². The van der Waals surface area contributed by atoms with Gasteiger partial charge in [-0.05, 0) is 31.9 Å². The molecule has 1 unspecified atom stereocenters. The summed E-state index contributed by atoms with van der Waals surface area (Å²) in [7, 11) is 1.95. The molecule has 2 aromatic rings. The zero-order valence-corrected chi connectivity index (χ0v) is 13.4. The molecular formula is C16H24N4O. The molecule has 0 aliphatic heterocycles. The minimum Gasteiger partial charge on any atom is -0.341 e. The van der Waals surface area contributed by atoms with Crippen molar-refractivity contribution in [2.24, 2.45) is 13.0 Å². The summed E-state index contributed by atoms with van der Waals surface area (Å²) in [6.45, 7) is 8.30. The molecule has 1 amide bonds. The molecule has 0 fully saturated rings. The molecule has 0 radical (unpaired) electrons. The number of nitrogens with one attached hydrogen (secondary N) is 1. The topological polar surface area (TPSA) is 51.9 Å². The van der Waals surface area contributed by atoms with E-state index in [9.17, 15) is 4.79 Å². The van der Waals surface area contributed by atoms with Crippen molar-refractivity contribution < 1.29 is 4.79 Å². The number of rotatable bonds is 5. The lowest BCUT2D eigenvalue weighted by molar-refractivity contribution is 0.0911. The number of nitrogens with zero attached hydrogens (tertiary/aromatic N) is 3. The monoisotopic (exact) mass is 288 g/mol. The molecule has 0 aromatic carbocycles. The zero-order valence-electron chi connectivity index (χ0n) is 13.4. The number of imidazole rings is 1. The van der Waals surface area contributed by atoms with Crippen molar-refractivity contribution in [3.63, 3.8) is 0 Å². The van der Waals surface area contributed by atoms with E-state index in [1.165, 1.54) is 0 Å². The first-order chi connectivity index (χ1) is 9.91. The molecule has 5 nitrogen and oxygen atoms in total. The van der Waals surface area contributed by atoms with Crippen molar-refractivity contribution in [1.82, 2.24) is 19.4 Å². The van der Waals surface area contributed by atoms with Gasteiger partial charge in [-0.1, -0.05) is 13.8 Å². The highest BCUT2D eigenvalue weighted by Gasteiger charge is 2.24. The van der Waals surface area contributed by atoms with E-state index in [4.69, 9.17) is 0 Å². The summed E-state index contributed by atoms with van der Waals surface area (Å²) in [5.41, 5.74) is 0.685. The Morgan fingerprint density at radius 1 is 1.24 bits per heavy atom. The molecule has 0 saturated carbocycles. The van der Waals surface area contributed by atoms with Crippen molar-refractivity contribution in [2.75, 3.05) is 0 Å². The van der Waals surface area contributed by atoms with Crippen LogP contribution in [0.4, 0.5) is 0 Å². The highest BCUT2D eigenvalue weighted by molar-refractivity contribution is 5.93. The fourth-order valence-electron chi connectivity index (χ4n) is 2.46. The number of carbonyl (C=O) groups is 1. The molecule has 21 heavy (non-hydrogen) atoms. The second kappa shape index (κ2) is 6.16. The summed E-state index contributed by atoms with van der Waals surface area (Å²) in [6.07, 6.45) is 5.59. The van der Waals surface area contributed by atoms with Gasteiger partial charge in [0.2, 0.25) is 0 Å². The van der Waals surface area contributed by atoms with Gasteiger partial charge in [0, 0.05) is 31.7 Å². The van der Waals surface area contributed by atoms with Gasteiger partial charge in [0.25, 0.3) is 5.91 Å². The van der Waals surface area contributed by atoms with E-state index in [-0.39, 0.29) is 23.9 Å². The zero-order chi connectivity index (χ0) is 15.6. The van der Waals surface area contributed by atoms with Crippen LogP contribution in [0.25, 0.3) is 0 Å². The average molecular weight is 288 g/mol. The molecule has 2 rings (SSSR count). The van der Waals surface area contributed by atoms with Gasteiger partial charge < -0.3 is 14.5 Å². The number of carbonyl (C=O) groups excluding carboxylic acids is 1. The van der Waals surface area contributed by atoms with E-state index >= 15 is 0 Å². The van der Waals surface area contributed by atoms with Crippen LogP contribution in [0.15, 0.2) is 30.7 Å². The van der Waals surface area contributed by atoms with Crippen LogP contribution >= 0.6 is 0 Å². The summed E-state index contributed by atoms with van der Waals surface area (Å²) in [4.78, 5) is 17.0. The lowest BCUT2D eigenvalue weighted by Crippen LogP contribution is -2.34. The lowest BCUT2D eigenvalue weighted by atomic mass is 10.0. The third kappa shape index (κ3) is 3.17. The Labute approximate surface area is 126 Å². The summed E-state index contributed by atoms with van der Waals surface area (Å²) in [5.74, 6) is 1.08. The van der Waals surface area contributed by atoms with E-state index in [1.54, 1.807) is 6.20 Å². The van der Waals surface area contributed by atoms with Gasteiger partial charge >= 0.3 is 0 Å². The Kier molecular flexibility index (Phi) is 4.50. The predicted molar refractivity (Wildman–Crippen MR) is 83.1 cm³/mol. The first-order valence-electron chi connectivity index (χ1n) is 7.36. The Bertz CT molecular complexity index is 609. The molecule has 114 valence electrons. The molecule has 1 N–H and O–H groups in total. The SMILES string of the molecule is CC(C)C(NC(=O)c1cccn1C(C)C)c1nccn1C. The molecule has 0 saturated heterocycles. The van der Waals surface area contributed by atoms with Crippen molar-refractivity contribution in [3.05, 3.63) is 42.2 Å². The van der Waals surface area contributed by atoms with Crippen molar-refractivity contribution in [2.45, 2.75) is 39.8 Å². The minimum absolute atomic E-state index is 0.0598. The van der Waals surface area contributed by atoms with Crippen LogP contribution < -0.4 is 5.32 Å².